The third-order valence-corrected chi connectivity index (χ3v) is 5.39. The minimum Gasteiger partial charge on any atom is -0.353 e. The van der Waals surface area contributed by atoms with E-state index in [0.29, 0.717) is 0 Å². The molecule has 29 heavy (non-hydrogen) atoms. The number of benzene rings is 1. The summed E-state index contributed by atoms with van der Waals surface area (Å²) in [6.45, 7) is 0. The lowest BCUT2D eigenvalue weighted by Gasteiger charge is -2.30. The van der Waals surface area contributed by atoms with E-state index in [4.69, 9.17) is 0 Å². The minimum atomic E-state index is -4.58. The summed E-state index contributed by atoms with van der Waals surface area (Å²) in [5.41, 5.74) is -1.86. The summed E-state index contributed by atoms with van der Waals surface area (Å²) < 4.78 is 39.0. The predicted molar refractivity (Wildman–Crippen MR) is 102 cm³/mol. The molecule has 1 aliphatic heterocycles. The van der Waals surface area contributed by atoms with Crippen LogP contribution in [0.25, 0.3) is 0 Å². The lowest BCUT2D eigenvalue weighted by Crippen LogP contribution is -2.56. The van der Waals surface area contributed by atoms with Gasteiger partial charge in [0.05, 0.1) is 17.0 Å². The second kappa shape index (κ2) is 9.04. The van der Waals surface area contributed by atoms with Gasteiger partial charge in [0.15, 0.2) is 0 Å². The maximum Gasteiger partial charge on any atom is 0.418 e. The third-order valence-electron chi connectivity index (χ3n) is 4.37. The topological polar surface area (TPSA) is 99.3 Å². The van der Waals surface area contributed by atoms with Gasteiger partial charge in [-0.1, -0.05) is 12.1 Å². The highest BCUT2D eigenvalue weighted by atomic mass is 32.2. The summed E-state index contributed by atoms with van der Waals surface area (Å²) in [6.07, 6.45) is -2.36. The van der Waals surface area contributed by atoms with Gasteiger partial charge in [0.1, 0.15) is 5.50 Å². The molecule has 1 aromatic carbocycles. The zero-order chi connectivity index (χ0) is 21.0. The minimum absolute atomic E-state index is 0.134. The smallest absolute Gasteiger partial charge is 0.353 e. The molecule has 0 radical (unpaired) electrons. The van der Waals surface area contributed by atoms with E-state index in [9.17, 15) is 27.6 Å². The van der Waals surface area contributed by atoms with Crippen molar-refractivity contribution in [1.82, 2.24) is 16.0 Å². The predicted octanol–water partition coefficient (Wildman–Crippen LogP) is 1.81. The van der Waals surface area contributed by atoms with Crippen LogP contribution < -0.4 is 21.3 Å². The number of alkyl halides is 3. The number of hydrogen-bond donors (Lipinski definition) is 4. The average Bonchev–Trinajstić information content (AvgIpc) is 3.43. The third kappa shape index (κ3) is 6.64. The maximum atomic E-state index is 13.0. The first kappa shape index (κ1) is 21.4. The lowest BCUT2D eigenvalue weighted by molar-refractivity contribution is -0.137. The van der Waals surface area contributed by atoms with E-state index in [0.717, 1.165) is 30.7 Å². The fourth-order valence-corrected chi connectivity index (χ4v) is 3.78. The maximum absolute atomic E-state index is 13.0. The average molecular weight is 430 g/mol. The van der Waals surface area contributed by atoms with E-state index >= 15 is 0 Å². The molecule has 0 spiro atoms. The molecule has 2 aliphatic rings. The number of carbonyl (C=O) groups excluding carboxylic acids is 3. The highest BCUT2D eigenvalue weighted by molar-refractivity contribution is 8.00. The molecule has 1 heterocycles. The molecule has 1 aromatic rings. The van der Waals surface area contributed by atoms with Crippen LogP contribution in [-0.4, -0.2) is 41.1 Å². The molecule has 3 amide bonds. The molecule has 1 saturated carbocycles. The molecule has 0 bridgehead atoms. The van der Waals surface area contributed by atoms with E-state index in [-0.39, 0.29) is 48.2 Å². The molecular formula is C18H21F3N4O3S. The van der Waals surface area contributed by atoms with E-state index in [1.165, 1.54) is 18.2 Å². The second-order valence-electron chi connectivity index (χ2n) is 6.96. The van der Waals surface area contributed by atoms with E-state index in [1.54, 1.807) is 0 Å². The van der Waals surface area contributed by atoms with Crippen LogP contribution in [0.1, 0.15) is 31.2 Å². The Balaban J connectivity index is 1.49. The first-order chi connectivity index (χ1) is 13.7. The van der Waals surface area contributed by atoms with Gasteiger partial charge in [-0.05, 0) is 25.0 Å². The van der Waals surface area contributed by atoms with Crippen molar-refractivity contribution < 1.29 is 27.6 Å². The SMILES string of the molecule is O=C(CSC1NC(=O)CC(CC(=O)NC2CC2)N1)Nc1ccccc1C(F)(F)F. The molecule has 11 heteroatoms. The van der Waals surface area contributed by atoms with Gasteiger partial charge >= 0.3 is 6.18 Å². The van der Waals surface area contributed by atoms with Gasteiger partial charge in [0.2, 0.25) is 17.7 Å². The van der Waals surface area contributed by atoms with E-state index < -0.39 is 23.1 Å². The second-order valence-corrected chi connectivity index (χ2v) is 8.06. The summed E-state index contributed by atoms with van der Waals surface area (Å²) >= 11 is 1.03. The first-order valence-corrected chi connectivity index (χ1v) is 10.2. The summed E-state index contributed by atoms with van der Waals surface area (Å²) in [4.78, 5) is 35.9. The molecule has 1 saturated heterocycles. The van der Waals surface area contributed by atoms with Crippen LogP contribution in [0.4, 0.5) is 18.9 Å². The van der Waals surface area contributed by atoms with Crippen LogP contribution >= 0.6 is 11.8 Å². The Morgan fingerprint density at radius 3 is 2.59 bits per heavy atom. The Labute approximate surface area is 169 Å². The van der Waals surface area contributed by atoms with Gasteiger partial charge in [0, 0.05) is 24.9 Å². The van der Waals surface area contributed by atoms with E-state index in [1.807, 2.05) is 0 Å². The molecular weight excluding hydrogens is 409 g/mol. The quantitative estimate of drug-likeness (QED) is 0.529. The monoisotopic (exact) mass is 430 g/mol. The van der Waals surface area contributed by atoms with Crippen molar-refractivity contribution >= 4 is 35.2 Å². The van der Waals surface area contributed by atoms with Crippen LogP contribution in [0.3, 0.4) is 0 Å². The van der Waals surface area contributed by atoms with E-state index in [2.05, 4.69) is 21.3 Å². The molecule has 7 nitrogen and oxygen atoms in total. The van der Waals surface area contributed by atoms with Crippen molar-refractivity contribution in [3.05, 3.63) is 29.8 Å². The summed E-state index contributed by atoms with van der Waals surface area (Å²) in [6, 6.07) is 4.58. The Morgan fingerprint density at radius 2 is 1.90 bits per heavy atom. The number of anilines is 1. The van der Waals surface area contributed by atoms with Crippen molar-refractivity contribution in [2.45, 2.75) is 49.4 Å². The Hall–Kier alpha value is -2.27. The zero-order valence-electron chi connectivity index (χ0n) is 15.3. The van der Waals surface area contributed by atoms with Crippen molar-refractivity contribution in [2.24, 2.45) is 0 Å². The number of nitrogens with one attached hydrogen (secondary N) is 4. The number of thioether (sulfide) groups is 1. The van der Waals surface area contributed by atoms with Crippen molar-refractivity contribution in [2.75, 3.05) is 11.1 Å². The summed E-state index contributed by atoms with van der Waals surface area (Å²) in [5, 5.41) is 10.8. The molecule has 3 rings (SSSR count). The van der Waals surface area contributed by atoms with Gasteiger partial charge in [0.25, 0.3) is 0 Å². The summed E-state index contributed by atoms with van der Waals surface area (Å²) in [7, 11) is 0. The Kier molecular flexibility index (Phi) is 6.68. The van der Waals surface area contributed by atoms with Gasteiger partial charge in [-0.15, -0.1) is 11.8 Å². The van der Waals surface area contributed by atoms with Gasteiger partial charge in [-0.25, -0.2) is 0 Å². The normalized spacial score (nSPS) is 22.0. The Morgan fingerprint density at radius 1 is 1.17 bits per heavy atom. The first-order valence-electron chi connectivity index (χ1n) is 9.13. The van der Waals surface area contributed by atoms with Gasteiger partial charge in [-0.3, -0.25) is 19.7 Å². The van der Waals surface area contributed by atoms with Gasteiger partial charge < -0.3 is 16.0 Å². The molecule has 2 fully saturated rings. The largest absolute Gasteiger partial charge is 0.418 e. The van der Waals surface area contributed by atoms with Crippen LogP contribution in [0, 0.1) is 0 Å². The van der Waals surface area contributed by atoms with Crippen LogP contribution in [-0.2, 0) is 20.6 Å². The standard InChI is InChI=1S/C18H21F3N4O3S/c19-18(20,21)12-3-1-2-4-13(12)24-16(28)9-29-17-23-11(8-15(27)25-17)7-14(26)22-10-5-6-10/h1-4,10-11,17,23H,5-9H2,(H,22,26)(H,24,28)(H,25,27). The molecule has 2 atom stereocenters. The number of halogens is 3. The molecule has 2 unspecified atom stereocenters. The molecule has 158 valence electrons. The number of amides is 3. The van der Waals surface area contributed by atoms with Crippen molar-refractivity contribution in [3.63, 3.8) is 0 Å². The highest BCUT2D eigenvalue weighted by Crippen LogP contribution is 2.34. The lowest BCUT2D eigenvalue weighted by atomic mass is 10.1. The molecule has 1 aliphatic carbocycles. The van der Waals surface area contributed by atoms with Crippen molar-refractivity contribution in [3.8, 4) is 0 Å². The fraction of sp³-hybridized carbons (Fsp3) is 0.500. The molecule has 4 N–H and O–H groups in total. The van der Waals surface area contributed by atoms with Crippen LogP contribution in [0.5, 0.6) is 0 Å². The Bertz CT molecular complexity index is 786. The zero-order valence-corrected chi connectivity index (χ0v) is 16.2. The highest BCUT2D eigenvalue weighted by Gasteiger charge is 2.34. The summed E-state index contributed by atoms with van der Waals surface area (Å²) in [5.74, 6) is -1.19. The fourth-order valence-electron chi connectivity index (χ4n) is 2.89. The number of para-hydroxylation sites is 1. The van der Waals surface area contributed by atoms with Crippen LogP contribution in [0.2, 0.25) is 0 Å². The van der Waals surface area contributed by atoms with Crippen molar-refractivity contribution in [1.29, 1.82) is 0 Å². The number of carbonyl (C=O) groups is 3. The number of rotatable bonds is 7. The van der Waals surface area contributed by atoms with Crippen LogP contribution in [0.15, 0.2) is 24.3 Å². The number of hydrogen-bond acceptors (Lipinski definition) is 5. The molecule has 0 aromatic heterocycles. The van der Waals surface area contributed by atoms with Gasteiger partial charge in [-0.2, -0.15) is 13.2 Å².